The number of fused-ring (bicyclic) bond motifs is 1. The van der Waals surface area contributed by atoms with Crippen molar-refractivity contribution in [2.24, 2.45) is 7.05 Å². The van der Waals surface area contributed by atoms with Crippen LogP contribution in [0.1, 0.15) is 10.8 Å². The Balaban J connectivity index is 1.55. The Bertz CT molecular complexity index is 936. The number of rotatable bonds is 4. The fraction of sp³-hybridized carbons (Fsp3) is 0.188. The molecule has 0 aliphatic heterocycles. The first-order valence-electron chi connectivity index (χ1n) is 7.13. The number of aryl methyl sites for hydroxylation is 1. The number of aromatic nitrogens is 4. The van der Waals surface area contributed by atoms with Crippen molar-refractivity contribution < 1.29 is 4.42 Å². The third-order valence-corrected chi connectivity index (χ3v) is 5.85. The van der Waals surface area contributed by atoms with E-state index in [1.807, 2.05) is 42.8 Å². The van der Waals surface area contributed by atoms with E-state index < -0.39 is 0 Å². The molecule has 0 aliphatic rings. The van der Waals surface area contributed by atoms with Crippen LogP contribution < -0.4 is 0 Å². The lowest BCUT2D eigenvalue weighted by molar-refractivity contribution is 0.534. The van der Waals surface area contributed by atoms with Gasteiger partial charge in [-0.3, -0.25) is 0 Å². The number of nitrogens with zero attached hydrogens (tertiary/aromatic N) is 4. The van der Waals surface area contributed by atoms with Crippen LogP contribution in [0.4, 0.5) is 0 Å². The Labute approximate surface area is 141 Å². The van der Waals surface area contributed by atoms with Crippen LogP contribution in [-0.4, -0.2) is 19.7 Å². The highest BCUT2D eigenvalue weighted by atomic mass is 32.2. The Morgan fingerprint density at radius 1 is 1.22 bits per heavy atom. The fourth-order valence-corrected chi connectivity index (χ4v) is 4.27. The molecule has 0 atom stereocenters. The van der Waals surface area contributed by atoms with Crippen molar-refractivity contribution in [3.63, 3.8) is 0 Å². The summed E-state index contributed by atoms with van der Waals surface area (Å²) in [5, 5.41) is 10.6. The van der Waals surface area contributed by atoms with Gasteiger partial charge in [-0.1, -0.05) is 23.9 Å². The molecule has 5 nitrogen and oxygen atoms in total. The predicted octanol–water partition coefficient (Wildman–Crippen LogP) is 4.29. The van der Waals surface area contributed by atoms with Gasteiger partial charge in [0.05, 0.1) is 27.8 Å². The molecular formula is C16H14N4OS2. The Morgan fingerprint density at radius 2 is 2.09 bits per heavy atom. The molecule has 0 spiro atoms. The van der Waals surface area contributed by atoms with E-state index in [2.05, 4.69) is 21.2 Å². The van der Waals surface area contributed by atoms with Gasteiger partial charge in [-0.05, 0) is 25.1 Å². The molecule has 0 fully saturated rings. The molecule has 0 aliphatic carbocycles. The van der Waals surface area contributed by atoms with E-state index in [0.29, 0.717) is 0 Å². The molecule has 0 N–H and O–H groups in total. The number of para-hydroxylation sites is 1. The zero-order chi connectivity index (χ0) is 15.8. The minimum absolute atomic E-state index is 0.787. The molecule has 116 valence electrons. The lowest BCUT2D eigenvalue weighted by atomic mass is 10.2. The summed E-state index contributed by atoms with van der Waals surface area (Å²) < 4.78 is 8.56. The molecule has 0 saturated heterocycles. The van der Waals surface area contributed by atoms with E-state index in [1.54, 1.807) is 29.4 Å². The van der Waals surface area contributed by atoms with Gasteiger partial charge in [0, 0.05) is 7.05 Å². The van der Waals surface area contributed by atoms with Gasteiger partial charge in [0.15, 0.2) is 11.0 Å². The molecule has 0 bridgehead atoms. The number of hydrogen-bond acceptors (Lipinski definition) is 6. The van der Waals surface area contributed by atoms with Gasteiger partial charge in [0.1, 0.15) is 10.8 Å². The second-order valence-electron chi connectivity index (χ2n) is 5.12. The fourth-order valence-electron chi connectivity index (χ4n) is 2.40. The van der Waals surface area contributed by atoms with Gasteiger partial charge in [-0.15, -0.1) is 21.5 Å². The van der Waals surface area contributed by atoms with Crippen molar-refractivity contribution in [1.29, 1.82) is 0 Å². The van der Waals surface area contributed by atoms with E-state index >= 15 is 0 Å². The topological polar surface area (TPSA) is 56.7 Å². The number of furan rings is 1. The summed E-state index contributed by atoms with van der Waals surface area (Å²) in [6.45, 7) is 1.93. The van der Waals surface area contributed by atoms with Crippen molar-refractivity contribution in [2.45, 2.75) is 17.8 Å². The number of thioether (sulfide) groups is 1. The predicted molar refractivity (Wildman–Crippen MR) is 92.6 cm³/mol. The summed E-state index contributed by atoms with van der Waals surface area (Å²) in [7, 11) is 1.97. The summed E-state index contributed by atoms with van der Waals surface area (Å²) in [6.07, 6.45) is 1.67. The van der Waals surface area contributed by atoms with Crippen molar-refractivity contribution in [3.05, 3.63) is 47.4 Å². The van der Waals surface area contributed by atoms with Crippen LogP contribution in [-0.2, 0) is 12.8 Å². The van der Waals surface area contributed by atoms with Gasteiger partial charge >= 0.3 is 0 Å². The molecule has 3 aromatic heterocycles. The second-order valence-corrected chi connectivity index (χ2v) is 7.18. The Hall–Kier alpha value is -2.12. The minimum Gasteiger partial charge on any atom is -0.469 e. The first-order valence-corrected chi connectivity index (χ1v) is 8.93. The number of benzene rings is 1. The van der Waals surface area contributed by atoms with Gasteiger partial charge in [0.25, 0.3) is 0 Å². The maximum atomic E-state index is 5.35. The van der Waals surface area contributed by atoms with Crippen LogP contribution in [0.5, 0.6) is 0 Å². The van der Waals surface area contributed by atoms with Crippen molar-refractivity contribution in [3.8, 4) is 11.4 Å². The number of thiazole rings is 1. The van der Waals surface area contributed by atoms with Crippen molar-refractivity contribution >= 4 is 33.3 Å². The first kappa shape index (κ1) is 14.5. The summed E-state index contributed by atoms with van der Waals surface area (Å²) in [5.41, 5.74) is 2.03. The SMILES string of the molecule is Cc1occc1-c1nnc(SCc2nc3ccccc3s2)n1C. The molecule has 0 unspecified atom stereocenters. The normalized spacial score (nSPS) is 11.4. The van der Waals surface area contributed by atoms with Crippen LogP contribution in [0.3, 0.4) is 0 Å². The quantitative estimate of drug-likeness (QED) is 0.518. The largest absolute Gasteiger partial charge is 0.469 e. The highest BCUT2D eigenvalue weighted by molar-refractivity contribution is 7.98. The highest BCUT2D eigenvalue weighted by Crippen LogP contribution is 2.30. The molecule has 23 heavy (non-hydrogen) atoms. The van der Waals surface area contributed by atoms with E-state index in [4.69, 9.17) is 4.42 Å². The van der Waals surface area contributed by atoms with Gasteiger partial charge in [-0.2, -0.15) is 0 Å². The zero-order valence-electron chi connectivity index (χ0n) is 12.7. The summed E-state index contributed by atoms with van der Waals surface area (Å²) in [4.78, 5) is 4.65. The molecule has 0 radical (unpaired) electrons. The second kappa shape index (κ2) is 5.82. The number of hydrogen-bond donors (Lipinski definition) is 0. The standard InChI is InChI=1S/C16H14N4OS2/c1-10-11(7-8-21-10)15-18-19-16(20(15)2)22-9-14-17-12-5-3-4-6-13(12)23-14/h3-8H,9H2,1-2H3. The first-order chi connectivity index (χ1) is 11.2. The molecule has 7 heteroatoms. The monoisotopic (exact) mass is 342 g/mol. The van der Waals surface area contributed by atoms with E-state index in [0.717, 1.165) is 38.6 Å². The third kappa shape index (κ3) is 2.66. The summed E-state index contributed by atoms with van der Waals surface area (Å²) in [6, 6.07) is 10.1. The van der Waals surface area contributed by atoms with Gasteiger partial charge in [-0.25, -0.2) is 4.98 Å². The molecular weight excluding hydrogens is 328 g/mol. The van der Waals surface area contributed by atoms with E-state index in [-0.39, 0.29) is 0 Å². The molecule has 0 amide bonds. The van der Waals surface area contributed by atoms with Crippen LogP contribution in [0, 0.1) is 6.92 Å². The van der Waals surface area contributed by atoms with Crippen molar-refractivity contribution in [1.82, 2.24) is 19.7 Å². The molecule has 1 aromatic carbocycles. The van der Waals surface area contributed by atoms with Crippen LogP contribution in [0.25, 0.3) is 21.6 Å². The molecule has 4 rings (SSSR count). The smallest absolute Gasteiger partial charge is 0.191 e. The van der Waals surface area contributed by atoms with Crippen LogP contribution in [0.2, 0.25) is 0 Å². The van der Waals surface area contributed by atoms with E-state index in [1.165, 1.54) is 4.70 Å². The van der Waals surface area contributed by atoms with Crippen molar-refractivity contribution in [2.75, 3.05) is 0 Å². The maximum absolute atomic E-state index is 5.35. The minimum atomic E-state index is 0.787. The van der Waals surface area contributed by atoms with Gasteiger partial charge in [0.2, 0.25) is 0 Å². The Kier molecular flexibility index (Phi) is 3.66. The summed E-state index contributed by atoms with van der Waals surface area (Å²) in [5.74, 6) is 2.46. The Morgan fingerprint density at radius 3 is 2.87 bits per heavy atom. The average Bonchev–Trinajstić information content (AvgIpc) is 3.23. The highest BCUT2D eigenvalue weighted by Gasteiger charge is 2.15. The van der Waals surface area contributed by atoms with Crippen LogP contribution >= 0.6 is 23.1 Å². The van der Waals surface area contributed by atoms with Crippen LogP contribution in [0.15, 0.2) is 46.2 Å². The molecule has 4 aromatic rings. The van der Waals surface area contributed by atoms with Gasteiger partial charge < -0.3 is 8.98 Å². The lowest BCUT2D eigenvalue weighted by Gasteiger charge is -2.01. The maximum Gasteiger partial charge on any atom is 0.191 e. The zero-order valence-corrected chi connectivity index (χ0v) is 14.3. The van der Waals surface area contributed by atoms with E-state index in [9.17, 15) is 0 Å². The average molecular weight is 342 g/mol. The molecule has 0 saturated carbocycles. The third-order valence-electron chi connectivity index (χ3n) is 3.60. The summed E-state index contributed by atoms with van der Waals surface area (Å²) >= 11 is 3.37. The molecule has 3 heterocycles. The lowest BCUT2D eigenvalue weighted by Crippen LogP contribution is -1.95.